The Kier molecular flexibility index (Phi) is 7.77. The molecule has 0 fully saturated rings. The van der Waals surface area contributed by atoms with Crippen LogP contribution in [0.4, 0.5) is 0 Å². The van der Waals surface area contributed by atoms with Gasteiger partial charge < -0.3 is 14.8 Å². The average molecular weight is 246 g/mol. The molecule has 0 aliphatic carbocycles. The van der Waals surface area contributed by atoms with Gasteiger partial charge in [0.05, 0.1) is 14.2 Å². The van der Waals surface area contributed by atoms with Crippen LogP contribution in [0.1, 0.15) is 18.9 Å². The molecule has 1 rings (SSSR count). The van der Waals surface area contributed by atoms with Gasteiger partial charge >= 0.3 is 0 Å². The van der Waals surface area contributed by atoms with Gasteiger partial charge in [-0.15, -0.1) is 12.4 Å². The maximum absolute atomic E-state index is 5.30. The van der Waals surface area contributed by atoms with Crippen molar-refractivity contribution >= 4 is 12.4 Å². The Labute approximate surface area is 104 Å². The smallest absolute Gasteiger partial charge is 0.127 e. The largest absolute Gasteiger partial charge is 0.497 e. The Hall–Kier alpha value is -0.930. The van der Waals surface area contributed by atoms with Crippen molar-refractivity contribution in [1.82, 2.24) is 5.32 Å². The molecule has 0 radical (unpaired) electrons. The number of hydrogen-bond donors (Lipinski definition) is 1. The van der Waals surface area contributed by atoms with Crippen molar-refractivity contribution in [3.63, 3.8) is 0 Å². The highest BCUT2D eigenvalue weighted by atomic mass is 35.5. The number of nitrogens with one attached hydrogen (secondary N) is 1. The third-order valence-corrected chi connectivity index (χ3v) is 2.24. The Balaban J connectivity index is 0.00000225. The molecule has 0 aromatic heterocycles. The van der Waals surface area contributed by atoms with E-state index < -0.39 is 0 Å². The minimum absolute atomic E-state index is 0. The van der Waals surface area contributed by atoms with Crippen LogP contribution in [-0.4, -0.2) is 20.8 Å². The summed E-state index contributed by atoms with van der Waals surface area (Å²) in [6.45, 7) is 4.01. The lowest BCUT2D eigenvalue weighted by Gasteiger charge is -2.10. The summed E-state index contributed by atoms with van der Waals surface area (Å²) >= 11 is 0. The quantitative estimate of drug-likeness (QED) is 0.782. The number of methoxy groups -OCH3 is 2. The van der Waals surface area contributed by atoms with Crippen molar-refractivity contribution in [3.05, 3.63) is 23.8 Å². The second-order valence-electron chi connectivity index (χ2n) is 3.35. The Morgan fingerprint density at radius 2 is 1.94 bits per heavy atom. The minimum Gasteiger partial charge on any atom is -0.497 e. The first kappa shape index (κ1) is 15.1. The summed E-state index contributed by atoms with van der Waals surface area (Å²) in [6.07, 6.45) is 1.14. The third kappa shape index (κ3) is 4.29. The Morgan fingerprint density at radius 1 is 1.19 bits per heavy atom. The molecule has 0 aliphatic rings. The van der Waals surface area contributed by atoms with E-state index >= 15 is 0 Å². The third-order valence-electron chi connectivity index (χ3n) is 2.24. The summed E-state index contributed by atoms with van der Waals surface area (Å²) in [6, 6.07) is 5.88. The fourth-order valence-electron chi connectivity index (χ4n) is 1.40. The lowest BCUT2D eigenvalue weighted by atomic mass is 10.2. The van der Waals surface area contributed by atoms with Crippen molar-refractivity contribution < 1.29 is 9.47 Å². The average Bonchev–Trinajstić information content (AvgIpc) is 2.29. The molecule has 0 heterocycles. The van der Waals surface area contributed by atoms with Crippen molar-refractivity contribution in [3.8, 4) is 11.5 Å². The zero-order chi connectivity index (χ0) is 11.1. The maximum Gasteiger partial charge on any atom is 0.127 e. The predicted molar refractivity (Wildman–Crippen MR) is 68.8 cm³/mol. The zero-order valence-electron chi connectivity index (χ0n) is 10.1. The van der Waals surface area contributed by atoms with Gasteiger partial charge in [0, 0.05) is 18.2 Å². The van der Waals surface area contributed by atoms with Gasteiger partial charge in [-0.1, -0.05) is 13.0 Å². The fourth-order valence-corrected chi connectivity index (χ4v) is 1.40. The fraction of sp³-hybridized carbons (Fsp3) is 0.500. The first-order valence-electron chi connectivity index (χ1n) is 5.23. The molecule has 3 nitrogen and oxygen atoms in total. The molecular weight excluding hydrogens is 226 g/mol. The van der Waals surface area contributed by atoms with Gasteiger partial charge in [-0.05, 0) is 19.0 Å². The molecule has 0 spiro atoms. The minimum atomic E-state index is 0. The first-order valence-corrected chi connectivity index (χ1v) is 5.23. The highest BCUT2D eigenvalue weighted by molar-refractivity contribution is 5.85. The first-order chi connectivity index (χ1) is 7.31. The molecule has 0 atom stereocenters. The van der Waals surface area contributed by atoms with Crippen LogP contribution in [-0.2, 0) is 6.54 Å². The van der Waals surface area contributed by atoms with Gasteiger partial charge in [0.1, 0.15) is 11.5 Å². The standard InChI is InChI=1S/C12H19NO2.ClH/c1-4-7-13-9-10-5-6-11(14-2)8-12(10)15-3;/h5-6,8,13H,4,7,9H2,1-3H3;1H. The number of ether oxygens (including phenoxy) is 2. The van der Waals surface area contributed by atoms with E-state index in [-0.39, 0.29) is 12.4 Å². The van der Waals surface area contributed by atoms with E-state index in [2.05, 4.69) is 12.2 Å². The second kappa shape index (κ2) is 8.25. The zero-order valence-corrected chi connectivity index (χ0v) is 10.9. The van der Waals surface area contributed by atoms with E-state index in [0.29, 0.717) is 0 Å². The molecule has 1 aromatic carbocycles. The van der Waals surface area contributed by atoms with Crippen LogP contribution in [0, 0.1) is 0 Å². The Bertz CT molecular complexity index is 305. The summed E-state index contributed by atoms with van der Waals surface area (Å²) in [5.41, 5.74) is 1.16. The highest BCUT2D eigenvalue weighted by Gasteiger charge is 2.03. The molecule has 4 heteroatoms. The normalized spacial score (nSPS) is 9.44. The number of hydrogen-bond acceptors (Lipinski definition) is 3. The van der Waals surface area contributed by atoms with Crippen molar-refractivity contribution in [2.24, 2.45) is 0 Å². The van der Waals surface area contributed by atoms with Crippen LogP contribution in [0.25, 0.3) is 0 Å². The molecule has 0 saturated carbocycles. The van der Waals surface area contributed by atoms with E-state index in [9.17, 15) is 0 Å². The van der Waals surface area contributed by atoms with Crippen LogP contribution >= 0.6 is 12.4 Å². The molecule has 0 bridgehead atoms. The van der Waals surface area contributed by atoms with E-state index in [1.54, 1.807) is 14.2 Å². The van der Waals surface area contributed by atoms with Crippen LogP contribution in [0.15, 0.2) is 18.2 Å². The molecule has 92 valence electrons. The molecular formula is C12H20ClNO2. The summed E-state index contributed by atoms with van der Waals surface area (Å²) in [7, 11) is 3.34. The number of benzene rings is 1. The summed E-state index contributed by atoms with van der Waals surface area (Å²) in [4.78, 5) is 0. The summed E-state index contributed by atoms with van der Waals surface area (Å²) in [5.74, 6) is 1.70. The predicted octanol–water partition coefficient (Wildman–Crippen LogP) is 2.63. The summed E-state index contributed by atoms with van der Waals surface area (Å²) < 4.78 is 10.4. The van der Waals surface area contributed by atoms with Gasteiger partial charge in [0.25, 0.3) is 0 Å². The lowest BCUT2D eigenvalue weighted by Crippen LogP contribution is -2.14. The van der Waals surface area contributed by atoms with Crippen molar-refractivity contribution in [1.29, 1.82) is 0 Å². The molecule has 1 aromatic rings. The molecule has 0 saturated heterocycles. The van der Waals surface area contributed by atoms with Crippen molar-refractivity contribution in [2.45, 2.75) is 19.9 Å². The molecule has 0 unspecified atom stereocenters. The summed E-state index contributed by atoms with van der Waals surface area (Å²) in [5, 5.41) is 3.34. The van der Waals surface area contributed by atoms with E-state index in [1.165, 1.54) is 0 Å². The number of rotatable bonds is 6. The highest BCUT2D eigenvalue weighted by Crippen LogP contribution is 2.24. The van der Waals surface area contributed by atoms with Crippen LogP contribution < -0.4 is 14.8 Å². The molecule has 1 N–H and O–H groups in total. The number of halogens is 1. The molecule has 16 heavy (non-hydrogen) atoms. The van der Waals surface area contributed by atoms with Gasteiger partial charge in [0.2, 0.25) is 0 Å². The second-order valence-corrected chi connectivity index (χ2v) is 3.35. The van der Waals surface area contributed by atoms with Gasteiger partial charge in [-0.2, -0.15) is 0 Å². The van der Waals surface area contributed by atoms with Gasteiger partial charge in [-0.25, -0.2) is 0 Å². The molecule has 0 amide bonds. The Morgan fingerprint density at radius 3 is 2.50 bits per heavy atom. The van der Waals surface area contributed by atoms with E-state index in [0.717, 1.165) is 36.6 Å². The van der Waals surface area contributed by atoms with Crippen LogP contribution in [0.3, 0.4) is 0 Å². The maximum atomic E-state index is 5.30. The van der Waals surface area contributed by atoms with Crippen LogP contribution in [0.2, 0.25) is 0 Å². The van der Waals surface area contributed by atoms with Gasteiger partial charge in [0.15, 0.2) is 0 Å². The van der Waals surface area contributed by atoms with Crippen LogP contribution in [0.5, 0.6) is 11.5 Å². The van der Waals surface area contributed by atoms with Gasteiger partial charge in [-0.3, -0.25) is 0 Å². The molecule has 0 aliphatic heterocycles. The SMILES string of the molecule is CCCNCc1ccc(OC)cc1OC.Cl. The van der Waals surface area contributed by atoms with E-state index in [1.807, 2.05) is 18.2 Å². The lowest BCUT2D eigenvalue weighted by molar-refractivity contribution is 0.390. The monoisotopic (exact) mass is 245 g/mol. The van der Waals surface area contributed by atoms with Crippen molar-refractivity contribution in [2.75, 3.05) is 20.8 Å². The van der Waals surface area contributed by atoms with E-state index in [4.69, 9.17) is 9.47 Å². The topological polar surface area (TPSA) is 30.5 Å².